The lowest BCUT2D eigenvalue weighted by molar-refractivity contribution is 0.390. The molecular weight excluding hydrogens is 178 g/mol. The molecule has 0 aliphatic heterocycles. The molecule has 0 aromatic carbocycles. The van der Waals surface area contributed by atoms with Crippen LogP contribution in [0.2, 0.25) is 0 Å². The van der Waals surface area contributed by atoms with E-state index in [4.69, 9.17) is 0 Å². The summed E-state index contributed by atoms with van der Waals surface area (Å²) in [7, 11) is 1.77. The smallest absolute Gasteiger partial charge is 0.188 e. The maximum Gasteiger partial charge on any atom is 0.188 e. The predicted octanol–water partition coefficient (Wildman–Crippen LogP) is 0.592. The molecule has 5 heteroatoms. The van der Waals surface area contributed by atoms with Crippen LogP contribution in [0.3, 0.4) is 0 Å². The van der Waals surface area contributed by atoms with Gasteiger partial charge in [0.15, 0.2) is 5.82 Å². The van der Waals surface area contributed by atoms with E-state index in [-0.39, 0.29) is 0 Å². The highest BCUT2D eigenvalue weighted by atomic mass is 15.6. The molecule has 0 radical (unpaired) electrons. The van der Waals surface area contributed by atoms with Crippen LogP contribution >= 0.6 is 0 Å². The quantitative estimate of drug-likeness (QED) is 0.750. The zero-order valence-electron chi connectivity index (χ0n) is 9.36. The normalized spacial score (nSPS) is 13.5. The first-order valence-corrected chi connectivity index (χ1v) is 5.03. The molecule has 80 valence electrons. The molecule has 0 spiro atoms. The molecule has 0 saturated heterocycles. The third kappa shape index (κ3) is 3.41. The third-order valence-electron chi connectivity index (χ3n) is 2.44. The third-order valence-corrected chi connectivity index (χ3v) is 2.44. The Bertz CT molecular complexity index is 268. The molecule has 1 rings (SSSR count). The number of nitrogens with zero attached hydrogens (tertiary/aromatic N) is 4. The highest BCUT2D eigenvalue weighted by Gasteiger charge is 2.06. The number of nitrogens with one attached hydrogen (secondary N) is 1. The van der Waals surface area contributed by atoms with Crippen molar-refractivity contribution in [1.29, 1.82) is 0 Å². The van der Waals surface area contributed by atoms with Crippen LogP contribution in [0.25, 0.3) is 0 Å². The Balaban J connectivity index is 2.22. The minimum Gasteiger partial charge on any atom is -0.309 e. The van der Waals surface area contributed by atoms with Gasteiger partial charge in [0.1, 0.15) is 0 Å². The molecule has 0 saturated carbocycles. The number of aryl methyl sites for hydroxylation is 1. The highest BCUT2D eigenvalue weighted by molar-refractivity contribution is 4.75. The SMILES string of the molecule is CC(C)C(C)CNCc1nnn(C)n1. The molecule has 0 bridgehead atoms. The summed E-state index contributed by atoms with van der Waals surface area (Å²) >= 11 is 0. The molecule has 5 nitrogen and oxygen atoms in total. The van der Waals surface area contributed by atoms with Crippen molar-refractivity contribution in [3.63, 3.8) is 0 Å². The molecule has 1 atom stereocenters. The molecule has 0 aliphatic carbocycles. The number of hydrogen-bond acceptors (Lipinski definition) is 4. The minimum atomic E-state index is 0.673. The average molecular weight is 197 g/mol. The Labute approximate surface area is 84.9 Å². The van der Waals surface area contributed by atoms with Crippen molar-refractivity contribution in [1.82, 2.24) is 25.5 Å². The van der Waals surface area contributed by atoms with E-state index < -0.39 is 0 Å². The van der Waals surface area contributed by atoms with Crippen molar-refractivity contribution in [3.8, 4) is 0 Å². The van der Waals surface area contributed by atoms with Crippen molar-refractivity contribution in [2.75, 3.05) is 6.54 Å². The van der Waals surface area contributed by atoms with Gasteiger partial charge in [0, 0.05) is 0 Å². The lowest BCUT2D eigenvalue weighted by Crippen LogP contribution is -2.24. The molecule has 0 aliphatic rings. The fourth-order valence-corrected chi connectivity index (χ4v) is 1.04. The van der Waals surface area contributed by atoms with Crippen LogP contribution in [0.15, 0.2) is 0 Å². The van der Waals surface area contributed by atoms with Gasteiger partial charge in [-0.25, -0.2) is 0 Å². The van der Waals surface area contributed by atoms with Crippen molar-refractivity contribution < 1.29 is 0 Å². The summed E-state index contributed by atoms with van der Waals surface area (Å²) in [4.78, 5) is 1.48. The van der Waals surface area contributed by atoms with Gasteiger partial charge in [-0.1, -0.05) is 20.8 Å². The first-order chi connectivity index (χ1) is 6.59. The van der Waals surface area contributed by atoms with Gasteiger partial charge in [-0.05, 0) is 23.6 Å². The van der Waals surface area contributed by atoms with Gasteiger partial charge in [0.2, 0.25) is 0 Å². The van der Waals surface area contributed by atoms with Gasteiger partial charge >= 0.3 is 0 Å². The van der Waals surface area contributed by atoms with Crippen molar-refractivity contribution in [3.05, 3.63) is 5.82 Å². The topological polar surface area (TPSA) is 55.6 Å². The molecule has 14 heavy (non-hydrogen) atoms. The fraction of sp³-hybridized carbons (Fsp3) is 0.889. The Kier molecular flexibility index (Phi) is 4.00. The fourth-order valence-electron chi connectivity index (χ4n) is 1.04. The number of rotatable bonds is 5. The number of aromatic nitrogens is 4. The van der Waals surface area contributed by atoms with E-state index in [1.807, 2.05) is 0 Å². The van der Waals surface area contributed by atoms with Crippen molar-refractivity contribution in [2.24, 2.45) is 18.9 Å². The van der Waals surface area contributed by atoms with Crippen LogP contribution in [0, 0.1) is 11.8 Å². The lowest BCUT2D eigenvalue weighted by atomic mass is 9.98. The standard InChI is InChI=1S/C9H19N5/c1-7(2)8(3)5-10-6-9-11-13-14(4)12-9/h7-8,10H,5-6H2,1-4H3. The van der Waals surface area contributed by atoms with Crippen LogP contribution in [-0.2, 0) is 13.6 Å². The van der Waals surface area contributed by atoms with E-state index in [1.54, 1.807) is 7.05 Å². The summed E-state index contributed by atoms with van der Waals surface area (Å²) in [5, 5.41) is 15.1. The van der Waals surface area contributed by atoms with E-state index in [0.717, 1.165) is 12.4 Å². The van der Waals surface area contributed by atoms with Crippen molar-refractivity contribution in [2.45, 2.75) is 27.3 Å². The van der Waals surface area contributed by atoms with E-state index in [0.29, 0.717) is 18.4 Å². The van der Waals surface area contributed by atoms with Gasteiger partial charge in [0.05, 0.1) is 13.6 Å². The van der Waals surface area contributed by atoms with Crippen LogP contribution in [0.5, 0.6) is 0 Å². The molecular formula is C9H19N5. The summed E-state index contributed by atoms with van der Waals surface area (Å²) < 4.78 is 0. The lowest BCUT2D eigenvalue weighted by Gasteiger charge is -2.15. The van der Waals surface area contributed by atoms with E-state index in [9.17, 15) is 0 Å². The first-order valence-electron chi connectivity index (χ1n) is 5.03. The van der Waals surface area contributed by atoms with Gasteiger partial charge in [-0.2, -0.15) is 4.80 Å². The molecule has 1 aromatic rings. The maximum atomic E-state index is 4.08. The minimum absolute atomic E-state index is 0.673. The maximum absolute atomic E-state index is 4.08. The molecule has 1 aromatic heterocycles. The second-order valence-electron chi connectivity index (χ2n) is 4.05. The average Bonchev–Trinajstić information content (AvgIpc) is 2.51. The largest absolute Gasteiger partial charge is 0.309 e. The molecule has 1 heterocycles. The van der Waals surface area contributed by atoms with Gasteiger partial charge in [-0.15, -0.1) is 10.2 Å². The summed E-state index contributed by atoms with van der Waals surface area (Å²) in [5.41, 5.74) is 0. The summed E-state index contributed by atoms with van der Waals surface area (Å²) in [5.74, 6) is 2.13. The number of hydrogen-bond donors (Lipinski definition) is 1. The van der Waals surface area contributed by atoms with Crippen molar-refractivity contribution >= 4 is 0 Å². The zero-order chi connectivity index (χ0) is 10.6. The molecule has 1 N–H and O–H groups in total. The summed E-state index contributed by atoms with van der Waals surface area (Å²) in [6.45, 7) is 8.39. The van der Waals surface area contributed by atoms with Gasteiger partial charge < -0.3 is 5.32 Å². The molecule has 1 unspecified atom stereocenters. The van der Waals surface area contributed by atoms with Gasteiger partial charge in [-0.3, -0.25) is 0 Å². The monoisotopic (exact) mass is 197 g/mol. The molecule has 0 amide bonds. The Hall–Kier alpha value is -0.970. The van der Waals surface area contributed by atoms with Crippen LogP contribution in [0.4, 0.5) is 0 Å². The highest BCUT2D eigenvalue weighted by Crippen LogP contribution is 2.07. The summed E-state index contributed by atoms with van der Waals surface area (Å²) in [6, 6.07) is 0. The molecule has 0 fully saturated rings. The van der Waals surface area contributed by atoms with Crippen LogP contribution in [0.1, 0.15) is 26.6 Å². The van der Waals surface area contributed by atoms with E-state index >= 15 is 0 Å². The Morgan fingerprint density at radius 2 is 2.07 bits per heavy atom. The second-order valence-corrected chi connectivity index (χ2v) is 4.05. The van der Waals surface area contributed by atoms with Crippen LogP contribution in [-0.4, -0.2) is 26.8 Å². The number of tetrazole rings is 1. The Morgan fingerprint density at radius 1 is 1.36 bits per heavy atom. The Morgan fingerprint density at radius 3 is 2.57 bits per heavy atom. The first kappa shape index (κ1) is 11.1. The van der Waals surface area contributed by atoms with E-state index in [1.165, 1.54) is 4.80 Å². The zero-order valence-corrected chi connectivity index (χ0v) is 9.36. The summed E-state index contributed by atoms with van der Waals surface area (Å²) in [6.07, 6.45) is 0. The van der Waals surface area contributed by atoms with Gasteiger partial charge in [0.25, 0.3) is 0 Å². The van der Waals surface area contributed by atoms with E-state index in [2.05, 4.69) is 41.5 Å². The van der Waals surface area contributed by atoms with Crippen LogP contribution < -0.4 is 5.32 Å². The second kappa shape index (κ2) is 5.05. The predicted molar refractivity (Wildman–Crippen MR) is 54.5 cm³/mol.